The maximum atomic E-state index is 5.06. The van der Waals surface area contributed by atoms with Crippen molar-refractivity contribution in [1.29, 1.82) is 0 Å². The number of nitrogens with zero attached hydrogens (tertiary/aromatic N) is 3. The van der Waals surface area contributed by atoms with Crippen molar-refractivity contribution in [3.63, 3.8) is 0 Å². The van der Waals surface area contributed by atoms with Gasteiger partial charge in [0.25, 0.3) is 0 Å². The second-order valence-corrected chi connectivity index (χ2v) is 4.01. The van der Waals surface area contributed by atoms with Crippen molar-refractivity contribution in [3.8, 4) is 11.3 Å². The highest BCUT2D eigenvalue weighted by atomic mass is 16.3. The molecule has 5 nitrogen and oxygen atoms in total. The lowest BCUT2D eigenvalue weighted by molar-refractivity contribution is 0.568. The zero-order valence-corrected chi connectivity index (χ0v) is 9.47. The fourth-order valence-electron chi connectivity index (χ4n) is 1.95. The van der Waals surface area contributed by atoms with Gasteiger partial charge in [0, 0.05) is 31.7 Å². The van der Waals surface area contributed by atoms with Crippen LogP contribution in [0.25, 0.3) is 11.3 Å². The Labute approximate surface area is 99.5 Å². The molecule has 0 aromatic carbocycles. The molecule has 1 aliphatic rings. The standard InChI is InChI=1S/C12H14N4O/c1-6-17-9-10(1)11-7-14-8-12(15-11)16-4-2-13-3-5-16/h1,6-9,13H,2-5H2. The van der Waals surface area contributed by atoms with E-state index in [1.807, 2.05) is 12.3 Å². The van der Waals surface area contributed by atoms with E-state index in [0.29, 0.717) is 0 Å². The minimum atomic E-state index is 0.856. The number of furan rings is 1. The van der Waals surface area contributed by atoms with Crippen LogP contribution < -0.4 is 10.2 Å². The van der Waals surface area contributed by atoms with E-state index < -0.39 is 0 Å². The molecular formula is C12H14N4O. The summed E-state index contributed by atoms with van der Waals surface area (Å²) in [5.41, 5.74) is 1.82. The van der Waals surface area contributed by atoms with Crippen LogP contribution >= 0.6 is 0 Å². The zero-order chi connectivity index (χ0) is 11.5. The van der Waals surface area contributed by atoms with E-state index in [4.69, 9.17) is 4.42 Å². The van der Waals surface area contributed by atoms with Gasteiger partial charge in [0.05, 0.1) is 30.6 Å². The third-order valence-electron chi connectivity index (χ3n) is 2.88. The van der Waals surface area contributed by atoms with Crippen LogP contribution in [0, 0.1) is 0 Å². The first kappa shape index (κ1) is 10.3. The number of aromatic nitrogens is 2. The molecule has 0 amide bonds. The molecule has 2 aromatic heterocycles. The molecule has 2 aromatic rings. The molecular weight excluding hydrogens is 216 g/mol. The number of nitrogens with one attached hydrogen (secondary N) is 1. The number of rotatable bonds is 2. The minimum Gasteiger partial charge on any atom is -0.472 e. The first-order chi connectivity index (χ1) is 8.43. The zero-order valence-electron chi connectivity index (χ0n) is 9.47. The smallest absolute Gasteiger partial charge is 0.147 e. The van der Waals surface area contributed by atoms with Gasteiger partial charge in [0.1, 0.15) is 5.82 Å². The Morgan fingerprint density at radius 3 is 2.88 bits per heavy atom. The third-order valence-corrected chi connectivity index (χ3v) is 2.88. The van der Waals surface area contributed by atoms with E-state index in [-0.39, 0.29) is 0 Å². The van der Waals surface area contributed by atoms with Gasteiger partial charge in [0.2, 0.25) is 0 Å². The molecule has 3 heterocycles. The summed E-state index contributed by atoms with van der Waals surface area (Å²) in [4.78, 5) is 11.1. The highest BCUT2D eigenvalue weighted by Crippen LogP contribution is 2.19. The Morgan fingerprint density at radius 2 is 2.12 bits per heavy atom. The molecule has 0 radical (unpaired) electrons. The van der Waals surface area contributed by atoms with Crippen LogP contribution in [0.5, 0.6) is 0 Å². The lowest BCUT2D eigenvalue weighted by atomic mass is 10.2. The topological polar surface area (TPSA) is 54.2 Å². The number of anilines is 1. The molecule has 0 saturated carbocycles. The van der Waals surface area contributed by atoms with Crippen LogP contribution in [-0.4, -0.2) is 36.1 Å². The lowest BCUT2D eigenvalue weighted by Crippen LogP contribution is -2.43. The molecule has 3 rings (SSSR count). The Balaban J connectivity index is 1.88. The normalized spacial score (nSPS) is 16.1. The summed E-state index contributed by atoms with van der Waals surface area (Å²) < 4.78 is 5.06. The van der Waals surface area contributed by atoms with Gasteiger partial charge < -0.3 is 14.6 Å². The molecule has 0 unspecified atom stereocenters. The summed E-state index contributed by atoms with van der Waals surface area (Å²) in [5.74, 6) is 0.935. The summed E-state index contributed by atoms with van der Waals surface area (Å²) in [6, 6.07) is 1.89. The number of piperazine rings is 1. The van der Waals surface area contributed by atoms with Crippen LogP contribution in [0.3, 0.4) is 0 Å². The van der Waals surface area contributed by atoms with Crippen molar-refractivity contribution in [2.24, 2.45) is 0 Å². The molecule has 5 heteroatoms. The van der Waals surface area contributed by atoms with Crippen molar-refractivity contribution in [3.05, 3.63) is 31.0 Å². The molecule has 88 valence electrons. The van der Waals surface area contributed by atoms with Gasteiger partial charge in [0.15, 0.2) is 0 Å². The van der Waals surface area contributed by atoms with Gasteiger partial charge in [-0.2, -0.15) is 0 Å². The molecule has 0 bridgehead atoms. The summed E-state index contributed by atoms with van der Waals surface area (Å²) in [6.07, 6.45) is 6.91. The summed E-state index contributed by atoms with van der Waals surface area (Å²) in [7, 11) is 0. The second kappa shape index (κ2) is 4.55. The highest BCUT2D eigenvalue weighted by Gasteiger charge is 2.12. The number of hydrogen-bond acceptors (Lipinski definition) is 5. The highest BCUT2D eigenvalue weighted by molar-refractivity contribution is 5.58. The van der Waals surface area contributed by atoms with Crippen molar-refractivity contribution in [2.75, 3.05) is 31.1 Å². The van der Waals surface area contributed by atoms with E-state index in [0.717, 1.165) is 43.3 Å². The molecule has 1 aliphatic heterocycles. The van der Waals surface area contributed by atoms with E-state index in [2.05, 4.69) is 20.2 Å². The summed E-state index contributed by atoms with van der Waals surface area (Å²) >= 11 is 0. The third kappa shape index (κ3) is 2.14. The fraction of sp³-hybridized carbons (Fsp3) is 0.333. The fourth-order valence-corrected chi connectivity index (χ4v) is 1.95. The van der Waals surface area contributed by atoms with Crippen LogP contribution in [0.15, 0.2) is 35.4 Å². The average molecular weight is 230 g/mol. The summed E-state index contributed by atoms with van der Waals surface area (Å²) in [5, 5.41) is 3.32. The molecule has 0 spiro atoms. The van der Waals surface area contributed by atoms with E-state index in [9.17, 15) is 0 Å². The van der Waals surface area contributed by atoms with Gasteiger partial charge in [-0.15, -0.1) is 0 Å². The molecule has 1 fully saturated rings. The Morgan fingerprint density at radius 1 is 1.24 bits per heavy atom. The van der Waals surface area contributed by atoms with Crippen LogP contribution in [-0.2, 0) is 0 Å². The van der Waals surface area contributed by atoms with Crippen molar-refractivity contribution >= 4 is 5.82 Å². The van der Waals surface area contributed by atoms with Gasteiger partial charge >= 0.3 is 0 Å². The van der Waals surface area contributed by atoms with Crippen molar-refractivity contribution in [1.82, 2.24) is 15.3 Å². The Hall–Kier alpha value is -1.88. The largest absolute Gasteiger partial charge is 0.472 e. The minimum absolute atomic E-state index is 0.856. The van der Waals surface area contributed by atoms with E-state index >= 15 is 0 Å². The van der Waals surface area contributed by atoms with Crippen molar-refractivity contribution in [2.45, 2.75) is 0 Å². The van der Waals surface area contributed by atoms with Gasteiger partial charge in [-0.1, -0.05) is 0 Å². The average Bonchev–Trinajstić information content (AvgIpc) is 2.94. The Kier molecular flexibility index (Phi) is 2.75. The maximum Gasteiger partial charge on any atom is 0.147 e. The lowest BCUT2D eigenvalue weighted by Gasteiger charge is -2.28. The molecule has 1 saturated heterocycles. The van der Waals surface area contributed by atoms with Gasteiger partial charge in [-0.3, -0.25) is 4.98 Å². The molecule has 1 N–H and O–H groups in total. The van der Waals surface area contributed by atoms with Gasteiger partial charge in [-0.25, -0.2) is 4.98 Å². The molecule has 0 atom stereocenters. The van der Waals surface area contributed by atoms with E-state index in [1.54, 1.807) is 18.7 Å². The summed E-state index contributed by atoms with van der Waals surface area (Å²) in [6.45, 7) is 3.95. The van der Waals surface area contributed by atoms with E-state index in [1.165, 1.54) is 0 Å². The quantitative estimate of drug-likeness (QED) is 0.838. The SMILES string of the molecule is c1cc(-c2cncc(N3CCNCC3)n2)co1. The van der Waals surface area contributed by atoms with Gasteiger partial charge in [-0.05, 0) is 6.07 Å². The predicted molar refractivity (Wildman–Crippen MR) is 64.8 cm³/mol. The molecule has 0 aliphatic carbocycles. The number of hydrogen-bond donors (Lipinski definition) is 1. The van der Waals surface area contributed by atoms with Crippen molar-refractivity contribution < 1.29 is 4.42 Å². The Bertz CT molecular complexity index is 477. The predicted octanol–water partition coefficient (Wildman–Crippen LogP) is 1.15. The van der Waals surface area contributed by atoms with Crippen LogP contribution in [0.1, 0.15) is 0 Å². The van der Waals surface area contributed by atoms with Crippen LogP contribution in [0.4, 0.5) is 5.82 Å². The first-order valence-corrected chi connectivity index (χ1v) is 5.74. The second-order valence-electron chi connectivity index (χ2n) is 4.01. The first-order valence-electron chi connectivity index (χ1n) is 5.74. The monoisotopic (exact) mass is 230 g/mol. The van der Waals surface area contributed by atoms with Crippen LogP contribution in [0.2, 0.25) is 0 Å². The molecule has 17 heavy (non-hydrogen) atoms. The maximum absolute atomic E-state index is 5.06.